The zero-order valence-corrected chi connectivity index (χ0v) is 19.6. The second-order valence-corrected chi connectivity index (χ2v) is 8.99. The molecule has 1 aliphatic heterocycles. The molecule has 0 saturated carbocycles. The number of nitrogens with zero attached hydrogens (tertiary/aromatic N) is 2. The van der Waals surface area contributed by atoms with Gasteiger partial charge < -0.3 is 19.4 Å². The Morgan fingerprint density at radius 2 is 2.09 bits per heavy atom. The molecule has 1 atom stereocenters. The largest absolute Gasteiger partial charge is 0.528 e. The van der Waals surface area contributed by atoms with Crippen molar-refractivity contribution in [3.05, 3.63) is 80.0 Å². The molecule has 2 aromatic carbocycles. The van der Waals surface area contributed by atoms with Crippen LogP contribution in [0.25, 0.3) is 0 Å². The van der Waals surface area contributed by atoms with Crippen LogP contribution >= 0.6 is 22.9 Å². The van der Waals surface area contributed by atoms with Crippen molar-refractivity contribution in [2.24, 2.45) is 0 Å². The van der Waals surface area contributed by atoms with Gasteiger partial charge in [0.1, 0.15) is 18.2 Å². The average Bonchev–Trinajstić information content (AvgIpc) is 3.22. The predicted molar refractivity (Wildman–Crippen MR) is 121 cm³/mol. The maximum Gasteiger partial charge on any atom is 0.528 e. The number of halogens is 2. The number of ether oxygens (including phenoxy) is 2. The van der Waals surface area contributed by atoms with Crippen molar-refractivity contribution < 1.29 is 33.4 Å². The number of carbonyl (C=O) groups excluding carboxylic acids is 1. The van der Waals surface area contributed by atoms with Crippen LogP contribution in [0.15, 0.2) is 41.8 Å². The summed E-state index contributed by atoms with van der Waals surface area (Å²) in [7, 11) is 0. The lowest BCUT2D eigenvalue weighted by Gasteiger charge is -2.36. The SMILES string of the molecule is Cc1nc(COC(=O)ON2CCc3cc(F)ccc3[C@H]2c2cc(Cl)ccc2OCC(=O)O)cs1. The standard InChI is InChI=1S/C23H20ClFN2O6S/c1-13-26-17(12-34-13)10-32-23(30)33-27-7-6-14-8-16(25)3-4-18(14)22(27)19-9-15(24)2-5-20(19)31-11-21(28)29/h2-5,8-9,12,22H,6-7,10-11H2,1H3,(H,28,29)/t22-/m0/s1. The number of carbonyl (C=O) groups is 2. The van der Waals surface area contributed by atoms with Crippen LogP contribution in [0, 0.1) is 12.7 Å². The van der Waals surface area contributed by atoms with Crippen LogP contribution in [0.2, 0.25) is 5.02 Å². The number of hydrogen-bond donors (Lipinski definition) is 1. The van der Waals surface area contributed by atoms with Gasteiger partial charge in [0.2, 0.25) is 0 Å². The van der Waals surface area contributed by atoms with Gasteiger partial charge in [0.25, 0.3) is 0 Å². The maximum absolute atomic E-state index is 13.9. The molecule has 0 unspecified atom stereocenters. The van der Waals surface area contributed by atoms with Crippen LogP contribution in [0.3, 0.4) is 0 Å². The van der Waals surface area contributed by atoms with E-state index in [-0.39, 0.29) is 18.9 Å². The highest BCUT2D eigenvalue weighted by molar-refractivity contribution is 7.09. The Morgan fingerprint density at radius 1 is 1.26 bits per heavy atom. The molecule has 34 heavy (non-hydrogen) atoms. The number of aliphatic carboxylic acids is 1. The molecule has 0 saturated heterocycles. The van der Waals surface area contributed by atoms with E-state index in [4.69, 9.17) is 31.0 Å². The van der Waals surface area contributed by atoms with Crippen LogP contribution in [0.4, 0.5) is 9.18 Å². The van der Waals surface area contributed by atoms with Crippen LogP contribution in [-0.2, 0) is 27.4 Å². The van der Waals surface area contributed by atoms with Crippen molar-refractivity contribution >= 4 is 35.1 Å². The zero-order chi connectivity index (χ0) is 24.2. The van der Waals surface area contributed by atoms with Crippen LogP contribution in [0.1, 0.15) is 33.4 Å². The summed E-state index contributed by atoms with van der Waals surface area (Å²) in [5.41, 5.74) is 2.46. The zero-order valence-electron chi connectivity index (χ0n) is 18.0. The number of hydroxylamine groups is 2. The normalized spacial score (nSPS) is 15.4. The van der Waals surface area contributed by atoms with Gasteiger partial charge in [0.15, 0.2) is 6.61 Å². The van der Waals surface area contributed by atoms with Crippen molar-refractivity contribution in [2.75, 3.05) is 13.2 Å². The van der Waals surface area contributed by atoms with E-state index >= 15 is 0 Å². The molecule has 0 amide bonds. The molecule has 3 aromatic rings. The predicted octanol–water partition coefficient (Wildman–Crippen LogP) is 4.92. The third-order valence-corrected chi connectivity index (χ3v) is 6.16. The van der Waals surface area contributed by atoms with E-state index in [2.05, 4.69) is 4.98 Å². The first-order chi connectivity index (χ1) is 16.3. The minimum atomic E-state index is -1.15. The van der Waals surface area contributed by atoms with Crippen LogP contribution in [-0.4, -0.2) is 40.4 Å². The Balaban J connectivity index is 1.64. The molecule has 0 fully saturated rings. The number of carboxylic acid groups (broad SMARTS) is 1. The van der Waals surface area contributed by atoms with E-state index in [0.717, 1.165) is 10.6 Å². The lowest BCUT2D eigenvalue weighted by Crippen LogP contribution is -2.38. The number of thiazole rings is 1. The van der Waals surface area contributed by atoms with Gasteiger partial charge in [-0.05, 0) is 54.8 Å². The summed E-state index contributed by atoms with van der Waals surface area (Å²) >= 11 is 7.68. The van der Waals surface area contributed by atoms with Crippen molar-refractivity contribution in [1.29, 1.82) is 0 Å². The van der Waals surface area contributed by atoms with Gasteiger partial charge in [-0.3, -0.25) is 0 Å². The molecule has 1 aliphatic rings. The van der Waals surface area contributed by atoms with Crippen LogP contribution < -0.4 is 4.74 Å². The molecular formula is C23H20ClFN2O6S. The summed E-state index contributed by atoms with van der Waals surface area (Å²) in [6.45, 7) is 1.46. The number of aryl methyl sites for hydroxylation is 1. The topological polar surface area (TPSA) is 98.2 Å². The van der Waals surface area contributed by atoms with Crippen molar-refractivity contribution in [3.8, 4) is 5.75 Å². The molecule has 11 heteroatoms. The summed E-state index contributed by atoms with van der Waals surface area (Å²) < 4.78 is 24.6. The van der Waals surface area contributed by atoms with E-state index < -0.39 is 30.6 Å². The number of aromatic nitrogens is 1. The number of carboxylic acids is 1. The molecule has 0 spiro atoms. The minimum absolute atomic E-state index is 0.0480. The molecule has 0 bridgehead atoms. The first kappa shape index (κ1) is 23.9. The molecule has 178 valence electrons. The van der Waals surface area contributed by atoms with Gasteiger partial charge >= 0.3 is 12.1 Å². The fraction of sp³-hybridized carbons (Fsp3) is 0.261. The van der Waals surface area contributed by atoms with E-state index in [1.807, 2.05) is 6.92 Å². The highest BCUT2D eigenvalue weighted by atomic mass is 35.5. The fourth-order valence-electron chi connectivity index (χ4n) is 3.73. The molecule has 4 rings (SSSR count). The third kappa shape index (κ3) is 5.64. The first-order valence-electron chi connectivity index (χ1n) is 10.2. The highest BCUT2D eigenvalue weighted by Gasteiger charge is 2.34. The Morgan fingerprint density at radius 3 is 2.82 bits per heavy atom. The minimum Gasteiger partial charge on any atom is -0.482 e. The summed E-state index contributed by atoms with van der Waals surface area (Å²) in [6, 6.07) is 8.29. The van der Waals surface area contributed by atoms with Gasteiger partial charge in [-0.2, -0.15) is 0 Å². The molecular weight excluding hydrogens is 487 g/mol. The number of fused-ring (bicyclic) bond motifs is 1. The van der Waals surface area contributed by atoms with Gasteiger partial charge in [0, 0.05) is 22.5 Å². The fourth-order valence-corrected chi connectivity index (χ4v) is 4.50. The quantitative estimate of drug-likeness (QED) is 0.451. The van der Waals surface area contributed by atoms with Gasteiger partial charge in [-0.1, -0.05) is 17.7 Å². The molecule has 8 nitrogen and oxygen atoms in total. The van der Waals surface area contributed by atoms with E-state index in [0.29, 0.717) is 28.3 Å². The van der Waals surface area contributed by atoms with Crippen LogP contribution in [0.5, 0.6) is 5.75 Å². The summed E-state index contributed by atoms with van der Waals surface area (Å²) in [6.07, 6.45) is -0.523. The summed E-state index contributed by atoms with van der Waals surface area (Å²) in [4.78, 5) is 33.3. The lowest BCUT2D eigenvalue weighted by molar-refractivity contribution is -0.152. The van der Waals surface area contributed by atoms with E-state index in [1.54, 1.807) is 29.6 Å². The van der Waals surface area contributed by atoms with Crippen molar-refractivity contribution in [1.82, 2.24) is 10.0 Å². The number of benzene rings is 2. The lowest BCUT2D eigenvalue weighted by atomic mass is 9.89. The third-order valence-electron chi connectivity index (χ3n) is 5.10. The molecule has 1 aromatic heterocycles. The molecule has 0 aliphatic carbocycles. The highest BCUT2D eigenvalue weighted by Crippen LogP contribution is 2.41. The van der Waals surface area contributed by atoms with Crippen molar-refractivity contribution in [3.63, 3.8) is 0 Å². The Kier molecular flexibility index (Phi) is 7.30. The Hall–Kier alpha value is -3.21. The maximum atomic E-state index is 13.9. The number of hydrogen-bond acceptors (Lipinski definition) is 8. The average molecular weight is 507 g/mol. The Bertz CT molecular complexity index is 1220. The van der Waals surface area contributed by atoms with E-state index in [1.165, 1.54) is 28.5 Å². The molecule has 0 radical (unpaired) electrons. The summed E-state index contributed by atoms with van der Waals surface area (Å²) in [5.74, 6) is -1.30. The second-order valence-electron chi connectivity index (χ2n) is 7.49. The van der Waals surface area contributed by atoms with Gasteiger partial charge in [0.05, 0.1) is 16.7 Å². The van der Waals surface area contributed by atoms with Gasteiger partial charge in [-0.15, -0.1) is 16.4 Å². The number of rotatable bonds is 7. The second kappa shape index (κ2) is 10.4. The molecule has 2 heterocycles. The smallest absolute Gasteiger partial charge is 0.482 e. The monoisotopic (exact) mass is 506 g/mol. The Labute approximate surface area is 203 Å². The first-order valence-corrected chi connectivity index (χ1v) is 11.5. The van der Waals surface area contributed by atoms with E-state index in [9.17, 15) is 14.0 Å². The van der Waals surface area contributed by atoms with Crippen molar-refractivity contribution in [2.45, 2.75) is 26.0 Å². The summed E-state index contributed by atoms with van der Waals surface area (Å²) in [5, 5.41) is 13.5. The van der Waals surface area contributed by atoms with Gasteiger partial charge in [-0.25, -0.2) is 19.0 Å². The molecule has 1 N–H and O–H groups in total.